The van der Waals surface area contributed by atoms with Crippen LogP contribution in [0.25, 0.3) is 33.6 Å². The summed E-state index contributed by atoms with van der Waals surface area (Å²) in [6.45, 7) is 1.85. The number of halogens is 1. The fraction of sp³-hybridized carbons (Fsp3) is 0.0870. The Hall–Kier alpha value is -4.00. The Morgan fingerprint density at radius 3 is 2.50 bits per heavy atom. The number of nitrogens with zero attached hydrogens (tertiary/aromatic N) is 1. The second-order valence-electron chi connectivity index (χ2n) is 6.79. The molecule has 0 aliphatic carbocycles. The van der Waals surface area contributed by atoms with Crippen molar-refractivity contribution in [2.24, 2.45) is 0 Å². The molecule has 0 saturated carbocycles. The van der Waals surface area contributed by atoms with Crippen molar-refractivity contribution < 1.29 is 23.5 Å². The molecule has 30 heavy (non-hydrogen) atoms. The summed E-state index contributed by atoms with van der Waals surface area (Å²) in [4.78, 5) is 28.4. The van der Waals surface area contributed by atoms with E-state index in [9.17, 15) is 19.1 Å². The number of amides is 1. The smallest absolute Gasteiger partial charge is 0.335 e. The van der Waals surface area contributed by atoms with Crippen LogP contribution in [0.1, 0.15) is 26.3 Å². The Morgan fingerprint density at radius 2 is 1.83 bits per heavy atom. The van der Waals surface area contributed by atoms with Crippen LogP contribution in [-0.4, -0.2) is 29.0 Å². The van der Waals surface area contributed by atoms with Crippen molar-refractivity contribution in [3.05, 3.63) is 77.2 Å². The first-order chi connectivity index (χ1) is 14.4. The van der Waals surface area contributed by atoms with Gasteiger partial charge in [0, 0.05) is 23.6 Å². The molecule has 150 valence electrons. The lowest BCUT2D eigenvalue weighted by molar-refractivity contribution is 0.0696. The van der Waals surface area contributed by atoms with Gasteiger partial charge in [0.05, 0.1) is 23.0 Å². The lowest BCUT2D eigenvalue weighted by Crippen LogP contribution is -2.18. The number of furan rings is 1. The highest BCUT2D eigenvalue weighted by Gasteiger charge is 2.23. The molecular weight excluding hydrogens is 387 g/mol. The highest BCUT2D eigenvalue weighted by molar-refractivity contribution is 6.11. The topological polar surface area (TPSA) is 92.4 Å². The van der Waals surface area contributed by atoms with Crippen molar-refractivity contribution in [1.82, 2.24) is 10.3 Å². The molecule has 0 fully saturated rings. The molecule has 4 aromatic rings. The van der Waals surface area contributed by atoms with Crippen LogP contribution < -0.4 is 5.32 Å². The molecule has 0 radical (unpaired) electrons. The number of carboxylic acid groups (broad SMARTS) is 1. The molecule has 6 nitrogen and oxygen atoms in total. The summed E-state index contributed by atoms with van der Waals surface area (Å²) < 4.78 is 19.2. The average Bonchev–Trinajstić information content (AvgIpc) is 3.12. The Balaban J connectivity index is 1.95. The zero-order valence-electron chi connectivity index (χ0n) is 16.2. The quantitative estimate of drug-likeness (QED) is 0.516. The van der Waals surface area contributed by atoms with Gasteiger partial charge in [-0.15, -0.1) is 0 Å². The minimum atomic E-state index is -1.04. The Morgan fingerprint density at radius 1 is 1.10 bits per heavy atom. The molecule has 0 atom stereocenters. The van der Waals surface area contributed by atoms with Gasteiger partial charge in [-0.25, -0.2) is 9.18 Å². The van der Waals surface area contributed by atoms with Crippen LogP contribution in [0, 0.1) is 12.7 Å². The van der Waals surface area contributed by atoms with Crippen molar-refractivity contribution in [3.8, 4) is 22.6 Å². The van der Waals surface area contributed by atoms with Gasteiger partial charge in [-0.05, 0) is 55.0 Å². The number of aryl methyl sites for hydroxylation is 1. The fourth-order valence-corrected chi connectivity index (χ4v) is 3.34. The molecule has 0 unspecified atom stereocenters. The molecule has 2 aromatic carbocycles. The van der Waals surface area contributed by atoms with Gasteiger partial charge in [-0.1, -0.05) is 6.07 Å². The minimum absolute atomic E-state index is 0.142. The molecule has 2 aromatic heterocycles. The molecule has 0 aliphatic heterocycles. The molecule has 0 spiro atoms. The fourth-order valence-electron chi connectivity index (χ4n) is 3.34. The maximum atomic E-state index is 13.3. The SMILES string of the molecule is CNC(=O)c1c(-c2ccc(F)cc2)oc2cnc(-c3cc(C(=O)O)ccc3C)cc12. The van der Waals surface area contributed by atoms with Gasteiger partial charge in [0.25, 0.3) is 5.91 Å². The van der Waals surface area contributed by atoms with E-state index in [2.05, 4.69) is 10.3 Å². The number of hydrogen-bond acceptors (Lipinski definition) is 4. The van der Waals surface area contributed by atoms with Crippen LogP contribution >= 0.6 is 0 Å². The molecule has 1 amide bonds. The predicted octanol–water partition coefficient (Wildman–Crippen LogP) is 4.67. The number of carboxylic acids is 1. The number of nitrogens with one attached hydrogen (secondary N) is 1. The zero-order chi connectivity index (χ0) is 21.4. The molecule has 0 bridgehead atoms. The number of pyridine rings is 1. The highest BCUT2D eigenvalue weighted by atomic mass is 19.1. The lowest BCUT2D eigenvalue weighted by Gasteiger charge is -2.07. The summed E-state index contributed by atoms with van der Waals surface area (Å²) >= 11 is 0. The summed E-state index contributed by atoms with van der Waals surface area (Å²) in [5, 5.41) is 12.4. The third-order valence-corrected chi connectivity index (χ3v) is 4.90. The van der Waals surface area contributed by atoms with Gasteiger partial charge in [0.15, 0.2) is 5.58 Å². The first kappa shape index (κ1) is 19.3. The van der Waals surface area contributed by atoms with Crippen molar-refractivity contribution in [1.29, 1.82) is 0 Å². The maximum absolute atomic E-state index is 13.3. The van der Waals surface area contributed by atoms with Crippen molar-refractivity contribution in [2.75, 3.05) is 7.05 Å². The molecular formula is C23H17FN2O4. The monoisotopic (exact) mass is 404 g/mol. The number of aromatic nitrogens is 1. The summed E-state index contributed by atoms with van der Waals surface area (Å²) in [6, 6.07) is 12.1. The summed E-state index contributed by atoms with van der Waals surface area (Å²) in [5.41, 5.74) is 3.39. The first-order valence-corrected chi connectivity index (χ1v) is 9.14. The second kappa shape index (κ2) is 7.44. The van der Waals surface area contributed by atoms with E-state index in [4.69, 9.17) is 4.42 Å². The first-order valence-electron chi connectivity index (χ1n) is 9.14. The van der Waals surface area contributed by atoms with Gasteiger partial charge < -0.3 is 14.8 Å². The number of carbonyl (C=O) groups excluding carboxylic acids is 1. The zero-order valence-corrected chi connectivity index (χ0v) is 16.2. The van der Waals surface area contributed by atoms with E-state index in [0.29, 0.717) is 39.1 Å². The normalized spacial score (nSPS) is 10.9. The van der Waals surface area contributed by atoms with E-state index < -0.39 is 11.8 Å². The molecule has 7 heteroatoms. The number of carbonyl (C=O) groups is 2. The summed E-state index contributed by atoms with van der Waals surface area (Å²) in [7, 11) is 1.51. The van der Waals surface area contributed by atoms with Crippen molar-refractivity contribution >= 4 is 22.8 Å². The Kier molecular flexibility index (Phi) is 4.79. The van der Waals surface area contributed by atoms with Crippen LogP contribution in [0.15, 0.2) is 59.1 Å². The van der Waals surface area contributed by atoms with Crippen LogP contribution in [0.3, 0.4) is 0 Å². The second-order valence-corrected chi connectivity index (χ2v) is 6.79. The van der Waals surface area contributed by atoms with E-state index in [1.807, 2.05) is 6.92 Å². The number of benzene rings is 2. The third-order valence-electron chi connectivity index (χ3n) is 4.90. The molecule has 2 N–H and O–H groups in total. The Bertz CT molecular complexity index is 1290. The number of rotatable bonds is 4. The van der Waals surface area contributed by atoms with Crippen molar-refractivity contribution in [3.63, 3.8) is 0 Å². The largest absolute Gasteiger partial charge is 0.478 e. The van der Waals surface area contributed by atoms with Gasteiger partial charge in [-0.3, -0.25) is 9.78 Å². The molecule has 2 heterocycles. The number of fused-ring (bicyclic) bond motifs is 1. The van der Waals surface area contributed by atoms with E-state index in [0.717, 1.165) is 5.56 Å². The van der Waals surface area contributed by atoms with E-state index in [1.54, 1.807) is 18.2 Å². The van der Waals surface area contributed by atoms with Gasteiger partial charge in [-0.2, -0.15) is 0 Å². The van der Waals surface area contributed by atoms with Crippen LogP contribution in [0.5, 0.6) is 0 Å². The van der Waals surface area contributed by atoms with Gasteiger partial charge in [0.1, 0.15) is 11.6 Å². The van der Waals surface area contributed by atoms with Crippen LogP contribution in [0.2, 0.25) is 0 Å². The van der Waals surface area contributed by atoms with E-state index >= 15 is 0 Å². The maximum Gasteiger partial charge on any atom is 0.335 e. The van der Waals surface area contributed by atoms with Crippen molar-refractivity contribution in [2.45, 2.75) is 6.92 Å². The summed E-state index contributed by atoms with van der Waals surface area (Å²) in [5.74, 6) is -1.49. The predicted molar refractivity (Wildman–Crippen MR) is 110 cm³/mol. The standard InChI is InChI=1S/C23H17FN2O4/c1-12-3-4-14(23(28)29)9-16(12)18-10-17-19(11-26-18)30-21(20(17)22(27)25-2)13-5-7-15(24)8-6-13/h3-11H,1-2H3,(H,25,27)(H,28,29). The Labute approximate surface area is 171 Å². The minimum Gasteiger partial charge on any atom is -0.478 e. The number of aromatic carboxylic acids is 1. The highest BCUT2D eigenvalue weighted by Crippen LogP contribution is 2.35. The lowest BCUT2D eigenvalue weighted by atomic mass is 9.99. The summed E-state index contributed by atoms with van der Waals surface area (Å²) in [6.07, 6.45) is 1.50. The van der Waals surface area contributed by atoms with E-state index in [1.165, 1.54) is 43.6 Å². The van der Waals surface area contributed by atoms with Crippen LogP contribution in [-0.2, 0) is 0 Å². The third kappa shape index (κ3) is 3.30. The molecule has 0 aliphatic rings. The van der Waals surface area contributed by atoms with Gasteiger partial charge >= 0.3 is 5.97 Å². The molecule has 0 saturated heterocycles. The van der Waals surface area contributed by atoms with Crippen LogP contribution in [0.4, 0.5) is 4.39 Å². The number of hydrogen-bond donors (Lipinski definition) is 2. The molecule has 4 rings (SSSR count). The average molecular weight is 404 g/mol. The van der Waals surface area contributed by atoms with Gasteiger partial charge in [0.2, 0.25) is 0 Å². The van der Waals surface area contributed by atoms with E-state index in [-0.39, 0.29) is 11.5 Å².